The molecule has 0 atom stereocenters. The largest absolute Gasteiger partial charge is 0.457 e. The van der Waals surface area contributed by atoms with Crippen molar-refractivity contribution in [2.45, 2.75) is 12.8 Å². The Kier molecular flexibility index (Phi) is 7.10. The average molecular weight is 501 g/mol. The summed E-state index contributed by atoms with van der Waals surface area (Å²) in [5.41, 5.74) is 6.47. The van der Waals surface area contributed by atoms with Gasteiger partial charge in [0, 0.05) is 30.0 Å². The maximum absolute atomic E-state index is 11.5. The van der Waals surface area contributed by atoms with E-state index in [2.05, 4.69) is 10.3 Å². The fraction of sp³-hybridized carbons (Fsp3) is 0.316. The van der Waals surface area contributed by atoms with Crippen LogP contribution in [0.2, 0.25) is 0 Å². The molecule has 1 aliphatic rings. The number of nitrogens with zero attached hydrogens (tertiary/aromatic N) is 1. The smallest absolute Gasteiger partial charge is 0.193 e. The van der Waals surface area contributed by atoms with Gasteiger partial charge in [-0.1, -0.05) is 24.3 Å². The highest BCUT2D eigenvalue weighted by molar-refractivity contribution is 14.0. The zero-order chi connectivity index (χ0) is 18.6. The Morgan fingerprint density at radius 1 is 1.15 bits per heavy atom. The molecule has 0 aromatic heterocycles. The van der Waals surface area contributed by atoms with Crippen LogP contribution in [0, 0.1) is 5.41 Å². The third-order valence-corrected chi connectivity index (χ3v) is 5.33. The van der Waals surface area contributed by atoms with E-state index in [9.17, 15) is 8.42 Å². The molecule has 0 aliphatic heterocycles. The van der Waals surface area contributed by atoms with Gasteiger partial charge in [0.05, 0.1) is 5.75 Å². The summed E-state index contributed by atoms with van der Waals surface area (Å²) in [6.07, 6.45) is 3.01. The third kappa shape index (κ3) is 7.02. The maximum atomic E-state index is 11.5. The van der Waals surface area contributed by atoms with Gasteiger partial charge in [0.15, 0.2) is 5.96 Å². The molecule has 2 aromatic carbocycles. The normalized spacial score (nSPS) is 15.5. The van der Waals surface area contributed by atoms with Crippen molar-refractivity contribution in [1.82, 2.24) is 0 Å². The number of para-hydroxylation sites is 1. The number of anilines is 1. The average Bonchev–Trinajstić information content (AvgIpc) is 3.32. The molecule has 3 N–H and O–H groups in total. The summed E-state index contributed by atoms with van der Waals surface area (Å²) >= 11 is 0. The number of rotatable bonds is 7. The van der Waals surface area contributed by atoms with Crippen LogP contribution in [0.15, 0.2) is 59.6 Å². The second-order valence-corrected chi connectivity index (χ2v) is 8.98. The first-order valence-electron chi connectivity index (χ1n) is 8.41. The van der Waals surface area contributed by atoms with Crippen molar-refractivity contribution in [3.8, 4) is 11.5 Å². The summed E-state index contributed by atoms with van der Waals surface area (Å²) < 4.78 is 28.8. The van der Waals surface area contributed by atoms with Crippen LogP contribution in [-0.2, 0) is 9.84 Å². The number of sulfone groups is 1. The summed E-state index contributed by atoms with van der Waals surface area (Å²) in [7, 11) is -3.01. The minimum absolute atomic E-state index is 0. The summed E-state index contributed by atoms with van der Waals surface area (Å²) in [6, 6.07) is 16.9. The number of halogens is 1. The molecule has 0 heterocycles. The highest BCUT2D eigenvalue weighted by atomic mass is 127. The molecule has 0 radical (unpaired) electrons. The number of benzene rings is 2. The molecule has 0 unspecified atom stereocenters. The lowest BCUT2D eigenvalue weighted by Gasteiger charge is -2.12. The van der Waals surface area contributed by atoms with E-state index in [0.717, 1.165) is 24.3 Å². The molecule has 0 spiro atoms. The quantitative estimate of drug-likeness (QED) is 0.343. The minimum atomic E-state index is -3.01. The van der Waals surface area contributed by atoms with Gasteiger partial charge in [-0.05, 0) is 37.1 Å². The number of aliphatic imine (C=N–C) groups is 1. The van der Waals surface area contributed by atoms with Crippen LogP contribution in [0.3, 0.4) is 0 Å². The molecule has 1 fully saturated rings. The molecule has 146 valence electrons. The Balaban J connectivity index is 0.00000261. The fourth-order valence-electron chi connectivity index (χ4n) is 2.78. The number of ether oxygens (including phenoxy) is 1. The summed E-state index contributed by atoms with van der Waals surface area (Å²) in [6.45, 7) is 0.416. The molecule has 27 heavy (non-hydrogen) atoms. The van der Waals surface area contributed by atoms with Crippen LogP contribution >= 0.6 is 24.0 Å². The topological polar surface area (TPSA) is 93.8 Å². The molecular formula is C19H24IN3O3S. The zero-order valence-corrected chi connectivity index (χ0v) is 18.2. The van der Waals surface area contributed by atoms with E-state index in [1.54, 1.807) is 0 Å². The molecule has 6 nitrogen and oxygen atoms in total. The molecule has 1 saturated carbocycles. The van der Waals surface area contributed by atoms with Crippen LogP contribution in [0.4, 0.5) is 5.69 Å². The van der Waals surface area contributed by atoms with Crippen LogP contribution in [-0.4, -0.2) is 32.9 Å². The monoisotopic (exact) mass is 501 g/mol. The number of hydrogen-bond donors (Lipinski definition) is 2. The van der Waals surface area contributed by atoms with Gasteiger partial charge < -0.3 is 15.8 Å². The van der Waals surface area contributed by atoms with Gasteiger partial charge in [0.1, 0.15) is 21.3 Å². The van der Waals surface area contributed by atoms with Crippen LogP contribution in [0.25, 0.3) is 0 Å². The highest BCUT2D eigenvalue weighted by Gasteiger charge is 2.45. The van der Waals surface area contributed by atoms with Crippen molar-refractivity contribution >= 4 is 45.5 Å². The molecule has 2 aromatic rings. The van der Waals surface area contributed by atoms with E-state index in [1.807, 2.05) is 54.6 Å². The Morgan fingerprint density at radius 3 is 2.44 bits per heavy atom. The standard InChI is InChI=1S/C19H23N3O3S.HI/c1-26(23,24)14-19(10-11-19)13-21-18(20)22-15-6-5-9-17(12-15)25-16-7-3-2-4-8-16;/h2-9,12H,10-11,13-14H2,1H3,(H3,20,21,22);1H. The van der Waals surface area contributed by atoms with Crippen molar-refractivity contribution in [3.05, 3.63) is 54.6 Å². The van der Waals surface area contributed by atoms with Gasteiger partial charge >= 0.3 is 0 Å². The molecule has 3 rings (SSSR count). The van der Waals surface area contributed by atoms with Gasteiger partial charge in [0.25, 0.3) is 0 Å². The number of nitrogens with one attached hydrogen (secondary N) is 1. The second kappa shape index (κ2) is 8.92. The van der Waals surface area contributed by atoms with Crippen molar-refractivity contribution < 1.29 is 13.2 Å². The van der Waals surface area contributed by atoms with Gasteiger partial charge in [0.2, 0.25) is 0 Å². The van der Waals surface area contributed by atoms with Gasteiger partial charge in [-0.3, -0.25) is 4.99 Å². The van der Waals surface area contributed by atoms with E-state index in [-0.39, 0.29) is 41.1 Å². The van der Waals surface area contributed by atoms with Crippen molar-refractivity contribution in [3.63, 3.8) is 0 Å². The van der Waals surface area contributed by atoms with E-state index in [0.29, 0.717) is 12.3 Å². The highest BCUT2D eigenvalue weighted by Crippen LogP contribution is 2.46. The number of guanidine groups is 1. The molecule has 8 heteroatoms. The first kappa shape index (κ1) is 21.5. The summed E-state index contributed by atoms with van der Waals surface area (Å²) in [5, 5.41) is 3.03. The number of nitrogens with two attached hydrogens (primary N) is 1. The molecule has 0 amide bonds. The van der Waals surface area contributed by atoms with E-state index in [4.69, 9.17) is 10.5 Å². The molecule has 0 saturated heterocycles. The summed E-state index contributed by atoms with van der Waals surface area (Å²) in [5.74, 6) is 1.87. The minimum Gasteiger partial charge on any atom is -0.457 e. The first-order valence-corrected chi connectivity index (χ1v) is 10.5. The van der Waals surface area contributed by atoms with Crippen LogP contribution < -0.4 is 15.8 Å². The zero-order valence-electron chi connectivity index (χ0n) is 15.1. The van der Waals surface area contributed by atoms with Crippen molar-refractivity contribution in [1.29, 1.82) is 0 Å². The van der Waals surface area contributed by atoms with Crippen LogP contribution in [0.1, 0.15) is 12.8 Å². The van der Waals surface area contributed by atoms with Gasteiger partial charge in [-0.2, -0.15) is 0 Å². The van der Waals surface area contributed by atoms with Crippen molar-refractivity contribution in [2.75, 3.05) is 23.9 Å². The SMILES string of the molecule is CS(=O)(=O)CC1(CN=C(N)Nc2cccc(Oc3ccccc3)c2)CC1.I. The Bertz CT molecular complexity index is 897. The summed E-state index contributed by atoms with van der Waals surface area (Å²) in [4.78, 5) is 4.33. The predicted octanol–water partition coefficient (Wildman–Crippen LogP) is 3.65. The Hall–Kier alpha value is -1.81. The van der Waals surface area contributed by atoms with E-state index >= 15 is 0 Å². The molecule has 0 bridgehead atoms. The fourth-order valence-corrected chi connectivity index (χ4v) is 4.28. The lowest BCUT2D eigenvalue weighted by Crippen LogP contribution is -2.26. The Labute approximate surface area is 177 Å². The predicted molar refractivity (Wildman–Crippen MR) is 120 cm³/mol. The Morgan fingerprint density at radius 2 is 1.81 bits per heavy atom. The maximum Gasteiger partial charge on any atom is 0.193 e. The second-order valence-electron chi connectivity index (χ2n) is 6.84. The molecule has 1 aliphatic carbocycles. The van der Waals surface area contributed by atoms with Gasteiger partial charge in [-0.15, -0.1) is 24.0 Å². The van der Waals surface area contributed by atoms with Crippen LogP contribution in [0.5, 0.6) is 11.5 Å². The number of hydrogen-bond acceptors (Lipinski definition) is 4. The van der Waals surface area contributed by atoms with E-state index < -0.39 is 9.84 Å². The third-order valence-electron chi connectivity index (χ3n) is 4.20. The van der Waals surface area contributed by atoms with Gasteiger partial charge in [-0.25, -0.2) is 8.42 Å². The lowest BCUT2D eigenvalue weighted by molar-refractivity contribution is 0.483. The van der Waals surface area contributed by atoms with Crippen molar-refractivity contribution in [2.24, 2.45) is 16.1 Å². The first-order chi connectivity index (χ1) is 12.3. The molecular weight excluding hydrogens is 477 g/mol. The van der Waals surface area contributed by atoms with E-state index in [1.165, 1.54) is 6.26 Å². The lowest BCUT2D eigenvalue weighted by atomic mass is 10.1.